The largest absolute Gasteiger partial charge is 0.368 e. The van der Waals surface area contributed by atoms with Crippen molar-refractivity contribution in [2.45, 2.75) is 46.1 Å². The molecule has 2 aromatic heterocycles. The van der Waals surface area contributed by atoms with Gasteiger partial charge in [-0.25, -0.2) is 15.0 Å². The molecule has 0 radical (unpaired) electrons. The van der Waals surface area contributed by atoms with E-state index >= 15 is 0 Å². The second-order valence-corrected chi connectivity index (χ2v) is 8.69. The molecule has 0 spiro atoms. The molecule has 31 heavy (non-hydrogen) atoms. The van der Waals surface area contributed by atoms with Crippen molar-refractivity contribution in [3.8, 4) is 22.5 Å². The Morgan fingerprint density at radius 2 is 1.74 bits per heavy atom. The summed E-state index contributed by atoms with van der Waals surface area (Å²) in [4.78, 5) is 26.0. The second-order valence-electron chi connectivity index (χ2n) is 8.69. The summed E-state index contributed by atoms with van der Waals surface area (Å²) in [5.74, 6) is 1.19. The molecule has 6 heteroatoms. The lowest BCUT2D eigenvalue weighted by Gasteiger charge is -2.25. The van der Waals surface area contributed by atoms with E-state index in [0.29, 0.717) is 6.42 Å². The Morgan fingerprint density at radius 1 is 1.03 bits per heavy atom. The van der Waals surface area contributed by atoms with Gasteiger partial charge in [0.2, 0.25) is 5.95 Å². The average molecular weight is 414 g/mol. The molecule has 6 nitrogen and oxygen atoms in total. The fourth-order valence-corrected chi connectivity index (χ4v) is 3.89. The first kappa shape index (κ1) is 20.7. The molecule has 0 atom stereocenters. The van der Waals surface area contributed by atoms with Gasteiger partial charge in [-0.15, -0.1) is 0 Å². The summed E-state index contributed by atoms with van der Waals surface area (Å²) >= 11 is 0. The number of benzene rings is 2. The smallest absolute Gasteiger partial charge is 0.219 e. The lowest BCUT2D eigenvalue weighted by Crippen LogP contribution is -2.23. The number of imidazole rings is 1. The summed E-state index contributed by atoms with van der Waals surface area (Å²) in [6, 6.07) is 13.9. The molecule has 158 valence electrons. The standard InChI is InChI=1S/C25H27N5O/c1-5-8-22(31)18-9-6-7-10-19(18)23-29-20-13-16(17-14-27-24(26)28-15-17)11-12-21(20)30(23)25(2,3)4/h6-7,9-15H,5,8H2,1-4H3,(H2,26,27,28). The summed E-state index contributed by atoms with van der Waals surface area (Å²) in [6.07, 6.45) is 4.76. The van der Waals surface area contributed by atoms with Crippen LogP contribution in [0, 0.1) is 0 Å². The zero-order valence-corrected chi connectivity index (χ0v) is 18.4. The molecule has 0 saturated heterocycles. The van der Waals surface area contributed by atoms with Gasteiger partial charge < -0.3 is 10.3 Å². The molecule has 0 unspecified atom stereocenters. The highest BCUT2D eigenvalue weighted by atomic mass is 16.1. The molecule has 0 fully saturated rings. The molecule has 0 bridgehead atoms. The molecule has 2 aromatic carbocycles. The number of carbonyl (C=O) groups is 1. The molecule has 4 aromatic rings. The van der Waals surface area contributed by atoms with Crippen LogP contribution in [0.5, 0.6) is 0 Å². The second kappa shape index (κ2) is 7.95. The first-order valence-corrected chi connectivity index (χ1v) is 10.5. The zero-order chi connectivity index (χ0) is 22.2. The quantitative estimate of drug-likeness (QED) is 0.438. The first-order chi connectivity index (χ1) is 14.8. The number of carbonyl (C=O) groups excluding carboxylic acids is 1. The average Bonchev–Trinajstić information content (AvgIpc) is 3.13. The van der Waals surface area contributed by atoms with Crippen LogP contribution in [0.15, 0.2) is 54.9 Å². The molecule has 2 heterocycles. The van der Waals surface area contributed by atoms with Crippen molar-refractivity contribution in [3.63, 3.8) is 0 Å². The minimum absolute atomic E-state index is 0.144. The number of nitrogen functional groups attached to an aromatic ring is 1. The third-order valence-corrected chi connectivity index (χ3v) is 5.28. The summed E-state index contributed by atoms with van der Waals surface area (Å²) in [6.45, 7) is 8.47. The third-order valence-electron chi connectivity index (χ3n) is 5.28. The maximum atomic E-state index is 12.8. The number of ketones is 1. The van der Waals surface area contributed by atoms with Crippen molar-refractivity contribution in [1.82, 2.24) is 19.5 Å². The van der Waals surface area contributed by atoms with Crippen LogP contribution in [0.1, 0.15) is 50.9 Å². The Kier molecular flexibility index (Phi) is 5.31. The van der Waals surface area contributed by atoms with Crippen LogP contribution in [-0.2, 0) is 5.54 Å². The van der Waals surface area contributed by atoms with Crippen molar-refractivity contribution < 1.29 is 4.79 Å². The number of nitrogens with two attached hydrogens (primary N) is 1. The number of fused-ring (bicyclic) bond motifs is 1. The van der Waals surface area contributed by atoms with Crippen molar-refractivity contribution in [2.24, 2.45) is 0 Å². The topological polar surface area (TPSA) is 86.7 Å². The lowest BCUT2D eigenvalue weighted by molar-refractivity contribution is 0.0982. The Balaban J connectivity index is 1.94. The molecular weight excluding hydrogens is 386 g/mol. The zero-order valence-electron chi connectivity index (χ0n) is 18.4. The van der Waals surface area contributed by atoms with Crippen LogP contribution in [0.2, 0.25) is 0 Å². The molecule has 0 saturated carbocycles. The molecule has 2 N–H and O–H groups in total. The van der Waals surface area contributed by atoms with Gasteiger partial charge in [-0.3, -0.25) is 4.79 Å². The van der Waals surface area contributed by atoms with Crippen LogP contribution in [0.4, 0.5) is 5.95 Å². The van der Waals surface area contributed by atoms with Crippen molar-refractivity contribution in [2.75, 3.05) is 5.73 Å². The minimum Gasteiger partial charge on any atom is -0.368 e. The molecule has 0 aliphatic rings. The predicted octanol–water partition coefficient (Wildman–Crippen LogP) is 5.48. The van der Waals surface area contributed by atoms with Gasteiger partial charge in [0.1, 0.15) is 5.82 Å². The van der Waals surface area contributed by atoms with E-state index in [4.69, 9.17) is 10.7 Å². The fourth-order valence-electron chi connectivity index (χ4n) is 3.89. The highest BCUT2D eigenvalue weighted by molar-refractivity contribution is 6.02. The van der Waals surface area contributed by atoms with Crippen LogP contribution in [0.3, 0.4) is 0 Å². The van der Waals surface area contributed by atoms with Gasteiger partial charge in [-0.05, 0) is 44.9 Å². The van der Waals surface area contributed by atoms with Gasteiger partial charge in [-0.2, -0.15) is 0 Å². The Morgan fingerprint density at radius 3 is 2.42 bits per heavy atom. The van der Waals surface area contributed by atoms with Gasteiger partial charge in [-0.1, -0.05) is 37.3 Å². The SMILES string of the molecule is CCCC(=O)c1ccccc1-c1nc2cc(-c3cnc(N)nc3)ccc2n1C(C)(C)C. The van der Waals surface area contributed by atoms with E-state index in [0.717, 1.165) is 45.5 Å². The van der Waals surface area contributed by atoms with Gasteiger partial charge in [0.25, 0.3) is 0 Å². The van der Waals surface area contributed by atoms with Crippen LogP contribution in [-0.4, -0.2) is 25.3 Å². The maximum Gasteiger partial charge on any atom is 0.219 e. The number of aromatic nitrogens is 4. The van der Waals surface area contributed by atoms with Crippen molar-refractivity contribution in [3.05, 3.63) is 60.4 Å². The van der Waals surface area contributed by atoms with Gasteiger partial charge in [0.15, 0.2) is 5.78 Å². The lowest BCUT2D eigenvalue weighted by atomic mass is 9.99. The number of Topliss-reactive ketones (excluding diaryl/α,β-unsaturated/α-hetero) is 1. The predicted molar refractivity (Wildman–Crippen MR) is 125 cm³/mol. The number of hydrogen-bond donors (Lipinski definition) is 1. The Bertz CT molecular complexity index is 1250. The first-order valence-electron chi connectivity index (χ1n) is 10.5. The van der Waals surface area contributed by atoms with E-state index in [1.165, 1.54) is 0 Å². The van der Waals surface area contributed by atoms with Crippen LogP contribution >= 0.6 is 0 Å². The summed E-state index contributed by atoms with van der Waals surface area (Å²) in [5.41, 5.74) is 10.7. The van der Waals surface area contributed by atoms with E-state index in [-0.39, 0.29) is 17.3 Å². The highest BCUT2D eigenvalue weighted by Gasteiger charge is 2.25. The maximum absolute atomic E-state index is 12.8. The Hall–Kier alpha value is -3.54. The molecule has 0 aliphatic heterocycles. The van der Waals surface area contributed by atoms with E-state index in [1.54, 1.807) is 12.4 Å². The van der Waals surface area contributed by atoms with Gasteiger partial charge in [0, 0.05) is 41.0 Å². The van der Waals surface area contributed by atoms with Crippen molar-refractivity contribution >= 4 is 22.8 Å². The summed E-state index contributed by atoms with van der Waals surface area (Å²) < 4.78 is 2.21. The minimum atomic E-state index is -0.225. The van der Waals surface area contributed by atoms with Crippen molar-refractivity contribution in [1.29, 1.82) is 0 Å². The van der Waals surface area contributed by atoms with E-state index < -0.39 is 0 Å². The van der Waals surface area contributed by atoms with E-state index in [2.05, 4.69) is 41.4 Å². The summed E-state index contributed by atoms with van der Waals surface area (Å²) in [5, 5.41) is 0. The molecular formula is C25H27N5O. The van der Waals surface area contributed by atoms with Crippen LogP contribution in [0.25, 0.3) is 33.5 Å². The third kappa shape index (κ3) is 3.93. The summed E-state index contributed by atoms with van der Waals surface area (Å²) in [7, 11) is 0. The number of nitrogens with zero attached hydrogens (tertiary/aromatic N) is 4. The normalized spacial score (nSPS) is 11.7. The molecule has 4 rings (SSSR count). The monoisotopic (exact) mass is 413 g/mol. The number of hydrogen-bond acceptors (Lipinski definition) is 5. The van der Waals surface area contributed by atoms with Gasteiger partial charge >= 0.3 is 0 Å². The number of anilines is 1. The highest BCUT2D eigenvalue weighted by Crippen LogP contribution is 2.35. The molecule has 0 aliphatic carbocycles. The van der Waals surface area contributed by atoms with Crippen LogP contribution < -0.4 is 5.73 Å². The van der Waals surface area contributed by atoms with E-state index in [9.17, 15) is 4.79 Å². The Labute approximate surface area is 182 Å². The molecule has 0 amide bonds. The van der Waals surface area contributed by atoms with Gasteiger partial charge in [0.05, 0.1) is 11.0 Å². The van der Waals surface area contributed by atoms with E-state index in [1.807, 2.05) is 43.3 Å². The fraction of sp³-hybridized carbons (Fsp3) is 0.280. The number of rotatable bonds is 5.